The van der Waals surface area contributed by atoms with Crippen LogP contribution in [0.5, 0.6) is 23.0 Å². The first-order chi connectivity index (χ1) is 12.6. The van der Waals surface area contributed by atoms with Crippen molar-refractivity contribution in [3.05, 3.63) is 47.5 Å². The molecule has 6 nitrogen and oxygen atoms in total. The van der Waals surface area contributed by atoms with Crippen molar-refractivity contribution in [1.82, 2.24) is 4.90 Å². The smallest absolute Gasteiger partial charge is 0.227 e. The Morgan fingerprint density at radius 2 is 1.81 bits per heavy atom. The van der Waals surface area contributed by atoms with Crippen LogP contribution in [0.4, 0.5) is 0 Å². The zero-order valence-corrected chi connectivity index (χ0v) is 15.3. The van der Waals surface area contributed by atoms with Crippen molar-refractivity contribution >= 4 is 5.91 Å². The van der Waals surface area contributed by atoms with Gasteiger partial charge in [-0.15, -0.1) is 0 Å². The van der Waals surface area contributed by atoms with Gasteiger partial charge in [0, 0.05) is 25.2 Å². The molecule has 0 radical (unpaired) electrons. The lowest BCUT2D eigenvalue weighted by molar-refractivity contribution is -0.129. The molecule has 0 aliphatic carbocycles. The minimum absolute atomic E-state index is 0.00311. The monoisotopic (exact) mass is 357 g/mol. The molecule has 1 amide bonds. The van der Waals surface area contributed by atoms with Crippen LogP contribution < -0.4 is 18.9 Å². The molecule has 0 aromatic heterocycles. The third-order valence-corrected chi connectivity index (χ3v) is 4.29. The molecule has 0 atom stereocenters. The zero-order chi connectivity index (χ0) is 18.5. The van der Waals surface area contributed by atoms with Crippen molar-refractivity contribution in [2.24, 2.45) is 0 Å². The highest BCUT2D eigenvalue weighted by Crippen LogP contribution is 2.31. The number of rotatable bonds is 6. The lowest BCUT2D eigenvalue weighted by Crippen LogP contribution is -2.28. The highest BCUT2D eigenvalue weighted by atomic mass is 16.6. The van der Waals surface area contributed by atoms with Gasteiger partial charge in [0.2, 0.25) is 5.91 Å². The number of methoxy groups -OCH3 is 2. The first-order valence-electron chi connectivity index (χ1n) is 8.44. The number of benzene rings is 2. The van der Waals surface area contributed by atoms with Gasteiger partial charge in [-0.1, -0.05) is 12.1 Å². The van der Waals surface area contributed by atoms with Crippen molar-refractivity contribution in [2.45, 2.75) is 13.0 Å². The van der Waals surface area contributed by atoms with Crippen molar-refractivity contribution in [3.63, 3.8) is 0 Å². The maximum absolute atomic E-state index is 12.6. The summed E-state index contributed by atoms with van der Waals surface area (Å²) in [6.07, 6.45) is 0.258. The molecule has 0 spiro atoms. The van der Waals surface area contributed by atoms with E-state index in [9.17, 15) is 4.79 Å². The Hall–Kier alpha value is -2.89. The summed E-state index contributed by atoms with van der Waals surface area (Å²) in [5, 5.41) is 0. The van der Waals surface area contributed by atoms with Crippen LogP contribution in [0.25, 0.3) is 0 Å². The fourth-order valence-corrected chi connectivity index (χ4v) is 2.84. The Bertz CT molecular complexity index is 790. The molecule has 0 fully saturated rings. The first kappa shape index (κ1) is 17.9. The molecular formula is C20H23NO5. The average molecular weight is 357 g/mol. The number of carbonyl (C=O) groups excluding carboxylic acids is 1. The van der Waals surface area contributed by atoms with E-state index < -0.39 is 0 Å². The summed E-state index contributed by atoms with van der Waals surface area (Å²) in [7, 11) is 4.97. The second-order valence-electron chi connectivity index (χ2n) is 6.08. The van der Waals surface area contributed by atoms with E-state index in [2.05, 4.69) is 0 Å². The number of ether oxygens (including phenoxy) is 4. The molecule has 0 saturated carbocycles. The fourth-order valence-electron chi connectivity index (χ4n) is 2.84. The second kappa shape index (κ2) is 7.99. The molecule has 1 heterocycles. The van der Waals surface area contributed by atoms with Gasteiger partial charge in [0.1, 0.15) is 24.7 Å². The minimum Gasteiger partial charge on any atom is -0.497 e. The van der Waals surface area contributed by atoms with E-state index in [4.69, 9.17) is 18.9 Å². The van der Waals surface area contributed by atoms with E-state index in [1.54, 1.807) is 32.2 Å². The number of amides is 1. The van der Waals surface area contributed by atoms with Crippen LogP contribution in [0.15, 0.2) is 36.4 Å². The van der Waals surface area contributed by atoms with Crippen LogP contribution in [0.3, 0.4) is 0 Å². The second-order valence-corrected chi connectivity index (χ2v) is 6.08. The summed E-state index contributed by atoms with van der Waals surface area (Å²) >= 11 is 0. The van der Waals surface area contributed by atoms with Crippen molar-refractivity contribution in [2.75, 3.05) is 34.5 Å². The van der Waals surface area contributed by atoms with Crippen LogP contribution in [-0.2, 0) is 17.8 Å². The maximum Gasteiger partial charge on any atom is 0.227 e. The third-order valence-electron chi connectivity index (χ3n) is 4.29. The molecule has 1 aliphatic heterocycles. The van der Waals surface area contributed by atoms with Gasteiger partial charge < -0.3 is 23.8 Å². The largest absolute Gasteiger partial charge is 0.497 e. The lowest BCUT2D eigenvalue weighted by Gasteiger charge is -2.21. The maximum atomic E-state index is 12.6. The van der Waals surface area contributed by atoms with Crippen molar-refractivity contribution in [1.29, 1.82) is 0 Å². The summed E-state index contributed by atoms with van der Waals surface area (Å²) in [5.74, 6) is 2.82. The number of likely N-dealkylation sites (N-methyl/N-ethyl adjacent to an activating group) is 1. The van der Waals surface area contributed by atoms with Gasteiger partial charge in [-0.2, -0.15) is 0 Å². The molecule has 138 valence electrons. The number of hydrogen-bond acceptors (Lipinski definition) is 5. The molecule has 2 aromatic carbocycles. The van der Waals surface area contributed by atoms with E-state index in [1.165, 1.54) is 0 Å². The predicted octanol–water partition coefficient (Wildman–Crippen LogP) is 2.68. The summed E-state index contributed by atoms with van der Waals surface area (Å²) < 4.78 is 21.7. The number of hydrogen-bond donors (Lipinski definition) is 0. The Morgan fingerprint density at radius 3 is 2.54 bits per heavy atom. The highest BCUT2D eigenvalue weighted by Gasteiger charge is 2.16. The van der Waals surface area contributed by atoms with Crippen LogP contribution in [0, 0.1) is 0 Å². The van der Waals surface area contributed by atoms with Gasteiger partial charge in [0.05, 0.1) is 20.6 Å². The normalized spacial score (nSPS) is 12.4. The molecule has 6 heteroatoms. The molecule has 26 heavy (non-hydrogen) atoms. The van der Waals surface area contributed by atoms with Crippen molar-refractivity contribution < 1.29 is 23.7 Å². The van der Waals surface area contributed by atoms with E-state index in [1.807, 2.05) is 30.3 Å². The molecule has 0 N–H and O–H groups in total. The van der Waals surface area contributed by atoms with E-state index >= 15 is 0 Å². The quantitative estimate of drug-likeness (QED) is 0.796. The SMILES string of the molecule is COc1ccc(CC(=O)N(C)Cc2ccc3c(c2)OCCO3)c(OC)c1. The third kappa shape index (κ3) is 4.02. The minimum atomic E-state index is 0.00311. The van der Waals surface area contributed by atoms with Crippen molar-refractivity contribution in [3.8, 4) is 23.0 Å². The summed E-state index contributed by atoms with van der Waals surface area (Å²) in [5.41, 5.74) is 1.82. The predicted molar refractivity (Wildman–Crippen MR) is 97.2 cm³/mol. The summed E-state index contributed by atoms with van der Waals surface area (Å²) in [6, 6.07) is 11.2. The molecule has 2 aromatic rings. The van der Waals surface area contributed by atoms with Gasteiger partial charge in [0.15, 0.2) is 11.5 Å². The Labute approximate surface area is 153 Å². The Balaban J connectivity index is 1.66. The van der Waals surface area contributed by atoms with Gasteiger partial charge in [0.25, 0.3) is 0 Å². The molecule has 1 aliphatic rings. The Morgan fingerprint density at radius 1 is 1.04 bits per heavy atom. The summed E-state index contributed by atoms with van der Waals surface area (Å²) in [4.78, 5) is 14.3. The van der Waals surface area contributed by atoms with Crippen LogP contribution >= 0.6 is 0 Å². The molecular weight excluding hydrogens is 334 g/mol. The summed E-state index contributed by atoms with van der Waals surface area (Å²) in [6.45, 7) is 1.60. The van der Waals surface area contributed by atoms with Crippen LogP contribution in [0.1, 0.15) is 11.1 Å². The van der Waals surface area contributed by atoms with Gasteiger partial charge in [-0.05, 0) is 23.8 Å². The number of nitrogens with zero attached hydrogens (tertiary/aromatic N) is 1. The molecule has 0 saturated heterocycles. The van der Waals surface area contributed by atoms with Gasteiger partial charge >= 0.3 is 0 Å². The Kier molecular flexibility index (Phi) is 5.51. The molecule has 0 unspecified atom stereocenters. The first-order valence-corrected chi connectivity index (χ1v) is 8.44. The highest BCUT2D eigenvalue weighted by molar-refractivity contribution is 5.79. The zero-order valence-electron chi connectivity index (χ0n) is 15.3. The van der Waals surface area contributed by atoms with Crippen LogP contribution in [-0.4, -0.2) is 45.3 Å². The average Bonchev–Trinajstić information content (AvgIpc) is 2.68. The number of fused-ring (bicyclic) bond motifs is 1. The fraction of sp³-hybridized carbons (Fsp3) is 0.350. The molecule has 3 rings (SSSR count). The van der Waals surface area contributed by atoms with E-state index in [-0.39, 0.29) is 12.3 Å². The topological polar surface area (TPSA) is 57.2 Å². The van der Waals surface area contributed by atoms with Gasteiger partial charge in [-0.3, -0.25) is 4.79 Å². The standard InChI is InChI=1S/C20H23NO5/c1-21(13-14-4-7-17-19(10-14)26-9-8-25-17)20(22)11-15-5-6-16(23-2)12-18(15)24-3/h4-7,10,12H,8-9,11,13H2,1-3H3. The van der Waals surface area contributed by atoms with Gasteiger partial charge in [-0.25, -0.2) is 0 Å². The molecule has 0 bridgehead atoms. The van der Waals surface area contributed by atoms with Crippen LogP contribution in [0.2, 0.25) is 0 Å². The lowest BCUT2D eigenvalue weighted by atomic mass is 10.1. The number of carbonyl (C=O) groups is 1. The van der Waals surface area contributed by atoms with E-state index in [0.717, 1.165) is 22.6 Å². The van der Waals surface area contributed by atoms with E-state index in [0.29, 0.717) is 31.3 Å².